The standard InChI is InChI=1S/C16H20N2/c1-10-8-11(2)15-14(9-10)18-13-7-5-3-4-6-12(13)16(15)17/h8-9H,3-7H2,1-2H3,(H2,17,18). The number of benzene rings is 1. The van der Waals surface area contributed by atoms with E-state index in [9.17, 15) is 0 Å². The molecule has 2 heteroatoms. The minimum absolute atomic E-state index is 0.981. The van der Waals surface area contributed by atoms with E-state index >= 15 is 0 Å². The Morgan fingerprint density at radius 1 is 1.06 bits per heavy atom. The number of hydrogen-bond donors (Lipinski definition) is 1. The Kier molecular flexibility index (Phi) is 2.73. The molecule has 94 valence electrons. The summed E-state index contributed by atoms with van der Waals surface area (Å²) in [6.45, 7) is 4.26. The number of pyridine rings is 1. The van der Waals surface area contributed by atoms with Crippen molar-refractivity contribution < 1.29 is 0 Å². The van der Waals surface area contributed by atoms with Gasteiger partial charge in [0.15, 0.2) is 0 Å². The van der Waals surface area contributed by atoms with Crippen molar-refractivity contribution in [3.8, 4) is 0 Å². The molecule has 1 aliphatic rings. The van der Waals surface area contributed by atoms with Crippen LogP contribution in [0.3, 0.4) is 0 Å². The topological polar surface area (TPSA) is 38.9 Å². The Balaban J connectivity index is 2.34. The fourth-order valence-electron chi connectivity index (χ4n) is 3.16. The van der Waals surface area contributed by atoms with Crippen LogP contribution in [0.25, 0.3) is 10.9 Å². The molecule has 0 amide bonds. The molecule has 0 radical (unpaired) electrons. The van der Waals surface area contributed by atoms with Gasteiger partial charge in [0.25, 0.3) is 0 Å². The first kappa shape index (κ1) is 11.5. The lowest BCUT2D eigenvalue weighted by Gasteiger charge is -2.14. The summed E-state index contributed by atoms with van der Waals surface area (Å²) >= 11 is 0. The first-order chi connectivity index (χ1) is 8.66. The highest BCUT2D eigenvalue weighted by atomic mass is 14.7. The van der Waals surface area contributed by atoms with Crippen LogP contribution >= 0.6 is 0 Å². The van der Waals surface area contributed by atoms with Crippen LogP contribution < -0.4 is 5.73 Å². The largest absolute Gasteiger partial charge is 0.398 e. The third kappa shape index (κ3) is 1.76. The lowest BCUT2D eigenvalue weighted by molar-refractivity contribution is 0.709. The van der Waals surface area contributed by atoms with Gasteiger partial charge in [-0.2, -0.15) is 0 Å². The molecule has 0 saturated carbocycles. The Labute approximate surface area is 108 Å². The predicted molar refractivity (Wildman–Crippen MR) is 76.9 cm³/mol. The Morgan fingerprint density at radius 2 is 1.83 bits per heavy atom. The van der Waals surface area contributed by atoms with Crippen molar-refractivity contribution in [3.05, 3.63) is 34.5 Å². The Morgan fingerprint density at radius 3 is 2.67 bits per heavy atom. The normalized spacial score (nSPS) is 15.4. The highest BCUT2D eigenvalue weighted by Crippen LogP contribution is 2.32. The third-order valence-electron chi connectivity index (χ3n) is 4.00. The van der Waals surface area contributed by atoms with Crippen LogP contribution in [-0.4, -0.2) is 4.98 Å². The molecule has 0 unspecified atom stereocenters. The molecule has 1 aliphatic carbocycles. The number of nitrogens with two attached hydrogens (primary N) is 1. The van der Waals surface area contributed by atoms with Gasteiger partial charge in [0.05, 0.1) is 5.52 Å². The van der Waals surface area contributed by atoms with Crippen LogP contribution in [0.4, 0.5) is 5.69 Å². The van der Waals surface area contributed by atoms with E-state index in [2.05, 4.69) is 26.0 Å². The molecular weight excluding hydrogens is 220 g/mol. The molecule has 0 bridgehead atoms. The summed E-state index contributed by atoms with van der Waals surface area (Å²) in [5.41, 5.74) is 13.5. The molecule has 2 nitrogen and oxygen atoms in total. The van der Waals surface area contributed by atoms with Gasteiger partial charge in [-0.05, 0) is 62.3 Å². The van der Waals surface area contributed by atoms with Gasteiger partial charge >= 0.3 is 0 Å². The summed E-state index contributed by atoms with van der Waals surface area (Å²) in [7, 11) is 0. The van der Waals surface area contributed by atoms with Gasteiger partial charge in [0.1, 0.15) is 0 Å². The smallest absolute Gasteiger partial charge is 0.0731 e. The summed E-state index contributed by atoms with van der Waals surface area (Å²) in [5.74, 6) is 0. The zero-order valence-electron chi connectivity index (χ0n) is 11.2. The molecule has 2 aromatic rings. The van der Waals surface area contributed by atoms with Crippen LogP contribution in [0.5, 0.6) is 0 Å². The van der Waals surface area contributed by atoms with Gasteiger partial charge in [-0.1, -0.05) is 12.5 Å². The van der Waals surface area contributed by atoms with Gasteiger partial charge in [-0.15, -0.1) is 0 Å². The van der Waals surface area contributed by atoms with Gasteiger partial charge < -0.3 is 5.73 Å². The summed E-state index contributed by atoms with van der Waals surface area (Å²) < 4.78 is 0. The highest BCUT2D eigenvalue weighted by Gasteiger charge is 2.16. The van der Waals surface area contributed by atoms with E-state index in [4.69, 9.17) is 10.7 Å². The summed E-state index contributed by atoms with van der Waals surface area (Å²) in [5, 5.41) is 1.17. The summed E-state index contributed by atoms with van der Waals surface area (Å²) in [6.07, 6.45) is 5.97. The van der Waals surface area contributed by atoms with Crippen LogP contribution in [0.2, 0.25) is 0 Å². The van der Waals surface area contributed by atoms with Crippen LogP contribution in [0.1, 0.15) is 41.6 Å². The minimum atomic E-state index is 0.981. The fourth-order valence-corrected chi connectivity index (χ4v) is 3.16. The second-order valence-corrected chi connectivity index (χ2v) is 5.49. The van der Waals surface area contributed by atoms with Crippen molar-refractivity contribution in [1.29, 1.82) is 0 Å². The van der Waals surface area contributed by atoms with Crippen molar-refractivity contribution in [2.24, 2.45) is 0 Å². The zero-order valence-corrected chi connectivity index (χ0v) is 11.2. The maximum Gasteiger partial charge on any atom is 0.0731 e. The lowest BCUT2D eigenvalue weighted by Crippen LogP contribution is -2.04. The van der Waals surface area contributed by atoms with Gasteiger partial charge in [0.2, 0.25) is 0 Å². The molecule has 0 spiro atoms. The van der Waals surface area contributed by atoms with E-state index < -0.39 is 0 Å². The summed E-state index contributed by atoms with van der Waals surface area (Å²) in [6, 6.07) is 4.35. The number of aryl methyl sites for hydroxylation is 3. The SMILES string of the molecule is Cc1cc(C)c2c(N)c3c(nc2c1)CCCCC3. The number of anilines is 1. The number of nitrogens with zero attached hydrogens (tertiary/aromatic N) is 1. The number of rotatable bonds is 0. The number of nitrogen functional groups attached to an aromatic ring is 1. The van der Waals surface area contributed by atoms with E-state index in [0.717, 1.165) is 24.0 Å². The van der Waals surface area contributed by atoms with Gasteiger partial charge in [-0.25, -0.2) is 0 Å². The molecule has 0 fully saturated rings. The van der Waals surface area contributed by atoms with Gasteiger partial charge in [0, 0.05) is 16.8 Å². The van der Waals surface area contributed by atoms with Crippen molar-refractivity contribution >= 4 is 16.6 Å². The van der Waals surface area contributed by atoms with E-state index in [1.54, 1.807) is 0 Å². The average Bonchev–Trinajstić information content (AvgIpc) is 2.53. The van der Waals surface area contributed by atoms with E-state index in [1.807, 2.05) is 0 Å². The molecule has 1 heterocycles. The molecule has 0 aliphatic heterocycles. The highest BCUT2D eigenvalue weighted by molar-refractivity contribution is 5.95. The summed E-state index contributed by atoms with van der Waals surface area (Å²) in [4.78, 5) is 4.88. The van der Waals surface area contributed by atoms with Crippen LogP contribution in [-0.2, 0) is 12.8 Å². The number of fused-ring (bicyclic) bond motifs is 2. The molecule has 2 N–H and O–H groups in total. The fraction of sp³-hybridized carbons (Fsp3) is 0.438. The van der Waals surface area contributed by atoms with Crippen LogP contribution in [0, 0.1) is 13.8 Å². The van der Waals surface area contributed by atoms with Crippen molar-refractivity contribution in [1.82, 2.24) is 4.98 Å². The van der Waals surface area contributed by atoms with Gasteiger partial charge in [-0.3, -0.25) is 4.98 Å². The molecule has 1 aromatic heterocycles. The predicted octanol–water partition coefficient (Wildman–Crippen LogP) is 3.70. The molecule has 3 rings (SSSR count). The van der Waals surface area contributed by atoms with Crippen molar-refractivity contribution in [3.63, 3.8) is 0 Å². The average molecular weight is 240 g/mol. The van der Waals surface area contributed by atoms with E-state index in [-0.39, 0.29) is 0 Å². The molecule has 1 aromatic carbocycles. The van der Waals surface area contributed by atoms with E-state index in [0.29, 0.717) is 0 Å². The number of aromatic nitrogens is 1. The lowest BCUT2D eigenvalue weighted by atomic mass is 9.98. The first-order valence-corrected chi connectivity index (χ1v) is 6.85. The Hall–Kier alpha value is -1.57. The quantitative estimate of drug-likeness (QED) is 0.713. The molecule has 0 atom stereocenters. The third-order valence-corrected chi connectivity index (χ3v) is 4.00. The van der Waals surface area contributed by atoms with Crippen LogP contribution in [0.15, 0.2) is 12.1 Å². The Bertz CT molecular complexity index is 614. The minimum Gasteiger partial charge on any atom is -0.398 e. The maximum absolute atomic E-state index is 6.42. The van der Waals surface area contributed by atoms with Crippen molar-refractivity contribution in [2.45, 2.75) is 46.0 Å². The molecule has 0 saturated heterocycles. The zero-order chi connectivity index (χ0) is 12.7. The molecule has 18 heavy (non-hydrogen) atoms. The maximum atomic E-state index is 6.42. The van der Waals surface area contributed by atoms with E-state index in [1.165, 1.54) is 47.0 Å². The molecular formula is C16H20N2. The van der Waals surface area contributed by atoms with Crippen molar-refractivity contribution in [2.75, 3.05) is 5.73 Å². The second-order valence-electron chi connectivity index (χ2n) is 5.49. The monoisotopic (exact) mass is 240 g/mol. The second kappa shape index (κ2) is 4.27. The first-order valence-electron chi connectivity index (χ1n) is 6.85. The number of hydrogen-bond acceptors (Lipinski definition) is 2.